The average molecular weight is 269 g/mol. The Morgan fingerprint density at radius 1 is 1.56 bits per heavy atom. The molecule has 1 aliphatic rings. The molecule has 98 valence electrons. The van der Waals surface area contributed by atoms with Crippen molar-refractivity contribution >= 4 is 17.7 Å². The number of benzene rings is 1. The Balaban J connectivity index is 1.85. The molecule has 1 fully saturated rings. The van der Waals surface area contributed by atoms with Gasteiger partial charge in [-0.2, -0.15) is 11.8 Å². The molecule has 0 spiro atoms. The Bertz CT molecular complexity index is 433. The molecule has 0 bridgehead atoms. The van der Waals surface area contributed by atoms with Crippen molar-refractivity contribution in [2.75, 3.05) is 18.1 Å². The van der Waals surface area contributed by atoms with E-state index in [0.717, 1.165) is 12.1 Å². The lowest BCUT2D eigenvalue weighted by Gasteiger charge is -2.10. The number of carbonyl (C=O) groups is 1. The van der Waals surface area contributed by atoms with E-state index in [-0.39, 0.29) is 5.56 Å². The highest BCUT2D eigenvalue weighted by Crippen LogP contribution is 2.22. The van der Waals surface area contributed by atoms with E-state index >= 15 is 0 Å². The average Bonchev–Trinajstić information content (AvgIpc) is 2.81. The highest BCUT2D eigenvalue weighted by atomic mass is 32.2. The summed E-state index contributed by atoms with van der Waals surface area (Å²) in [7, 11) is 0. The summed E-state index contributed by atoms with van der Waals surface area (Å²) in [6.45, 7) is 1.52. The third-order valence-electron chi connectivity index (χ3n) is 3.05. The molecule has 0 radical (unpaired) electrons. The predicted molar refractivity (Wildman–Crippen MR) is 70.5 cm³/mol. The third kappa shape index (κ3) is 3.46. The zero-order chi connectivity index (χ0) is 13.0. The second kappa shape index (κ2) is 6.20. The van der Waals surface area contributed by atoms with E-state index in [1.807, 2.05) is 11.8 Å². The molecule has 1 saturated heterocycles. The van der Waals surface area contributed by atoms with Crippen LogP contribution < -0.4 is 5.32 Å². The van der Waals surface area contributed by atoms with Crippen LogP contribution in [0.4, 0.5) is 4.39 Å². The van der Waals surface area contributed by atoms with Gasteiger partial charge in [-0.05, 0) is 48.1 Å². The molecule has 1 aromatic carbocycles. The molecule has 0 saturated carbocycles. The van der Waals surface area contributed by atoms with Gasteiger partial charge in [0.15, 0.2) is 0 Å². The van der Waals surface area contributed by atoms with Crippen LogP contribution in [0.15, 0.2) is 18.2 Å². The molecule has 0 aromatic heterocycles. The Kier molecular flexibility index (Phi) is 4.60. The van der Waals surface area contributed by atoms with E-state index in [4.69, 9.17) is 5.11 Å². The van der Waals surface area contributed by atoms with Crippen LogP contribution in [0.2, 0.25) is 0 Å². The molecule has 1 aliphatic heterocycles. The number of carboxylic acid groups (broad SMARTS) is 1. The van der Waals surface area contributed by atoms with Crippen LogP contribution in [0.5, 0.6) is 0 Å². The first-order chi connectivity index (χ1) is 8.66. The summed E-state index contributed by atoms with van der Waals surface area (Å²) in [6.07, 6.45) is 1.24. The highest BCUT2D eigenvalue weighted by molar-refractivity contribution is 7.99. The molecule has 18 heavy (non-hydrogen) atoms. The van der Waals surface area contributed by atoms with Gasteiger partial charge in [0.1, 0.15) is 5.82 Å². The van der Waals surface area contributed by atoms with Gasteiger partial charge in [0.25, 0.3) is 0 Å². The topological polar surface area (TPSA) is 49.3 Å². The van der Waals surface area contributed by atoms with Crippen LogP contribution in [-0.4, -0.2) is 29.1 Å². The van der Waals surface area contributed by atoms with Crippen LogP contribution in [-0.2, 0) is 6.54 Å². The van der Waals surface area contributed by atoms with E-state index in [2.05, 4.69) is 5.32 Å². The molecule has 0 amide bonds. The molecule has 0 aliphatic carbocycles. The Labute approximate surface area is 110 Å². The van der Waals surface area contributed by atoms with Crippen molar-refractivity contribution in [2.45, 2.75) is 13.0 Å². The summed E-state index contributed by atoms with van der Waals surface area (Å²) in [5.74, 6) is 1.24. The summed E-state index contributed by atoms with van der Waals surface area (Å²) in [5.41, 5.74) is 0.508. The molecule has 1 atom stereocenters. The zero-order valence-electron chi connectivity index (χ0n) is 9.99. The minimum atomic E-state index is -1.23. The Hall–Kier alpha value is -1.07. The number of thioether (sulfide) groups is 1. The normalized spacial score (nSPS) is 19.1. The second-order valence-corrected chi connectivity index (χ2v) is 5.63. The number of carboxylic acids is 1. The van der Waals surface area contributed by atoms with Crippen LogP contribution in [0, 0.1) is 11.7 Å². The molecule has 2 rings (SSSR count). The summed E-state index contributed by atoms with van der Waals surface area (Å²) < 4.78 is 13.4. The lowest BCUT2D eigenvalue weighted by atomic mass is 10.1. The summed E-state index contributed by atoms with van der Waals surface area (Å²) in [5, 5.41) is 12.0. The monoisotopic (exact) mass is 269 g/mol. The first-order valence-corrected chi connectivity index (χ1v) is 7.12. The van der Waals surface area contributed by atoms with Crippen molar-refractivity contribution in [3.05, 3.63) is 35.1 Å². The van der Waals surface area contributed by atoms with Gasteiger partial charge in [-0.1, -0.05) is 6.07 Å². The summed E-state index contributed by atoms with van der Waals surface area (Å²) >= 11 is 1.97. The van der Waals surface area contributed by atoms with E-state index in [1.54, 1.807) is 6.07 Å². The van der Waals surface area contributed by atoms with Crippen LogP contribution >= 0.6 is 11.8 Å². The number of nitrogens with one attached hydrogen (secondary N) is 1. The summed E-state index contributed by atoms with van der Waals surface area (Å²) in [6, 6.07) is 4.27. The van der Waals surface area contributed by atoms with Crippen LogP contribution in [0.1, 0.15) is 22.3 Å². The fourth-order valence-electron chi connectivity index (χ4n) is 2.01. The molecular formula is C13H16FNO2S. The highest BCUT2D eigenvalue weighted by Gasteiger charge is 2.15. The Morgan fingerprint density at radius 3 is 3.00 bits per heavy atom. The van der Waals surface area contributed by atoms with Gasteiger partial charge < -0.3 is 10.4 Å². The van der Waals surface area contributed by atoms with E-state index in [1.165, 1.54) is 30.1 Å². The molecule has 1 heterocycles. The largest absolute Gasteiger partial charge is 0.478 e. The van der Waals surface area contributed by atoms with Gasteiger partial charge in [0.2, 0.25) is 0 Å². The van der Waals surface area contributed by atoms with E-state index in [0.29, 0.717) is 12.5 Å². The van der Waals surface area contributed by atoms with Crippen molar-refractivity contribution in [3.8, 4) is 0 Å². The fourth-order valence-corrected chi connectivity index (χ4v) is 3.29. The third-order valence-corrected chi connectivity index (χ3v) is 4.28. The minimum Gasteiger partial charge on any atom is -0.478 e. The van der Waals surface area contributed by atoms with Crippen molar-refractivity contribution in [2.24, 2.45) is 5.92 Å². The van der Waals surface area contributed by atoms with E-state index in [9.17, 15) is 9.18 Å². The number of aromatic carboxylic acids is 1. The molecule has 5 heteroatoms. The van der Waals surface area contributed by atoms with Gasteiger partial charge in [0.05, 0.1) is 5.56 Å². The Morgan fingerprint density at radius 2 is 2.39 bits per heavy atom. The van der Waals surface area contributed by atoms with Gasteiger partial charge in [-0.25, -0.2) is 9.18 Å². The van der Waals surface area contributed by atoms with Crippen molar-refractivity contribution in [1.29, 1.82) is 0 Å². The van der Waals surface area contributed by atoms with Gasteiger partial charge >= 0.3 is 5.97 Å². The quantitative estimate of drug-likeness (QED) is 0.861. The molecular weight excluding hydrogens is 253 g/mol. The van der Waals surface area contributed by atoms with Crippen molar-refractivity contribution < 1.29 is 14.3 Å². The second-order valence-electron chi connectivity index (χ2n) is 4.48. The van der Waals surface area contributed by atoms with Crippen LogP contribution in [0.25, 0.3) is 0 Å². The molecule has 2 N–H and O–H groups in total. The van der Waals surface area contributed by atoms with E-state index < -0.39 is 11.8 Å². The standard InChI is InChI=1S/C13H16FNO2S/c14-12-5-9(1-2-11(12)13(16)17)6-15-7-10-3-4-18-8-10/h1-2,5,10,15H,3-4,6-8H2,(H,16,17). The maximum absolute atomic E-state index is 13.4. The first-order valence-electron chi connectivity index (χ1n) is 5.97. The minimum absolute atomic E-state index is 0.272. The number of hydrogen-bond donors (Lipinski definition) is 2. The van der Waals surface area contributed by atoms with Gasteiger partial charge in [-0.15, -0.1) is 0 Å². The van der Waals surface area contributed by atoms with Crippen molar-refractivity contribution in [1.82, 2.24) is 5.32 Å². The molecule has 1 aromatic rings. The number of hydrogen-bond acceptors (Lipinski definition) is 3. The van der Waals surface area contributed by atoms with Crippen molar-refractivity contribution in [3.63, 3.8) is 0 Å². The SMILES string of the molecule is O=C(O)c1ccc(CNCC2CCSC2)cc1F. The van der Waals surface area contributed by atoms with Gasteiger partial charge in [0, 0.05) is 6.54 Å². The molecule has 1 unspecified atom stereocenters. The van der Waals surface area contributed by atoms with Crippen LogP contribution in [0.3, 0.4) is 0 Å². The number of rotatable bonds is 5. The summed E-state index contributed by atoms with van der Waals surface area (Å²) in [4.78, 5) is 10.7. The lowest BCUT2D eigenvalue weighted by Crippen LogP contribution is -2.22. The maximum atomic E-state index is 13.4. The predicted octanol–water partition coefficient (Wildman–Crippen LogP) is 2.37. The van der Waals surface area contributed by atoms with Gasteiger partial charge in [-0.3, -0.25) is 0 Å². The first kappa shape index (κ1) is 13.4. The smallest absolute Gasteiger partial charge is 0.338 e. The molecule has 3 nitrogen and oxygen atoms in total. The lowest BCUT2D eigenvalue weighted by molar-refractivity contribution is 0.0692. The fraction of sp³-hybridized carbons (Fsp3) is 0.462. The zero-order valence-corrected chi connectivity index (χ0v) is 10.8. The number of halogens is 1. The maximum Gasteiger partial charge on any atom is 0.338 e.